The van der Waals surface area contributed by atoms with Gasteiger partial charge in [-0.25, -0.2) is 4.98 Å². The largest absolute Gasteiger partial charge is 0.368 e. The summed E-state index contributed by atoms with van der Waals surface area (Å²) < 4.78 is 1.98. The summed E-state index contributed by atoms with van der Waals surface area (Å²) in [6, 6.07) is 0. The molecule has 0 radical (unpaired) electrons. The van der Waals surface area contributed by atoms with E-state index in [0.29, 0.717) is 44.2 Å². The summed E-state index contributed by atoms with van der Waals surface area (Å²) in [6.07, 6.45) is 5.84. The molecule has 2 aliphatic heterocycles. The monoisotopic (exact) mass is 414 g/mol. The molecule has 4 rings (SSSR count). The van der Waals surface area contributed by atoms with Gasteiger partial charge in [0, 0.05) is 58.7 Å². The maximum absolute atomic E-state index is 11.9. The van der Waals surface area contributed by atoms with E-state index in [4.69, 9.17) is 0 Å². The van der Waals surface area contributed by atoms with Gasteiger partial charge in [0.2, 0.25) is 17.8 Å². The molecular weight excluding hydrogens is 384 g/mol. The molecule has 0 atom stereocenters. The Kier molecular flexibility index (Phi) is 6.29. The van der Waals surface area contributed by atoms with Crippen molar-refractivity contribution in [3.63, 3.8) is 0 Å². The first-order valence-electron chi connectivity index (χ1n) is 10.9. The molecule has 0 aromatic carbocycles. The lowest BCUT2D eigenvalue weighted by atomic mass is 10.3. The van der Waals surface area contributed by atoms with Crippen molar-refractivity contribution in [1.29, 1.82) is 0 Å². The summed E-state index contributed by atoms with van der Waals surface area (Å²) in [5.41, 5.74) is 1.48. The number of amides is 2. The van der Waals surface area contributed by atoms with Crippen molar-refractivity contribution >= 4 is 34.7 Å². The quantitative estimate of drug-likeness (QED) is 0.564. The minimum absolute atomic E-state index is 0.223. The number of rotatable bonds is 10. The van der Waals surface area contributed by atoms with Crippen LogP contribution >= 0.6 is 0 Å². The van der Waals surface area contributed by atoms with E-state index in [0.717, 1.165) is 56.6 Å². The molecule has 2 amide bonds. The van der Waals surface area contributed by atoms with Gasteiger partial charge in [-0.3, -0.25) is 9.59 Å². The summed E-state index contributed by atoms with van der Waals surface area (Å²) >= 11 is 0. The maximum Gasteiger partial charge on any atom is 0.226 e. The van der Waals surface area contributed by atoms with Crippen LogP contribution < -0.4 is 10.6 Å². The molecule has 2 aromatic rings. The number of nitrogens with one attached hydrogen (secondary N) is 2. The van der Waals surface area contributed by atoms with Crippen LogP contribution in [0.2, 0.25) is 0 Å². The van der Waals surface area contributed by atoms with Gasteiger partial charge in [-0.1, -0.05) is 0 Å². The van der Waals surface area contributed by atoms with Crippen LogP contribution in [0.5, 0.6) is 0 Å². The smallest absolute Gasteiger partial charge is 0.226 e. The Hall–Kier alpha value is -2.91. The van der Waals surface area contributed by atoms with Crippen LogP contribution in [-0.2, 0) is 16.1 Å². The van der Waals surface area contributed by atoms with Crippen molar-refractivity contribution in [2.24, 2.45) is 0 Å². The Labute approximate surface area is 176 Å². The average molecular weight is 415 g/mol. The van der Waals surface area contributed by atoms with E-state index in [1.807, 2.05) is 21.3 Å². The highest BCUT2D eigenvalue weighted by Crippen LogP contribution is 2.21. The molecule has 2 aliphatic rings. The number of carbonyl (C=O) groups excluding carboxylic acids is 2. The van der Waals surface area contributed by atoms with E-state index in [2.05, 4.69) is 25.6 Å². The van der Waals surface area contributed by atoms with E-state index in [9.17, 15) is 9.59 Å². The maximum atomic E-state index is 11.9. The van der Waals surface area contributed by atoms with Crippen LogP contribution in [-0.4, -0.2) is 80.4 Å². The fourth-order valence-electron chi connectivity index (χ4n) is 4.05. The number of nitrogens with zero attached hydrogens (tertiary/aromatic N) is 6. The van der Waals surface area contributed by atoms with E-state index in [1.165, 1.54) is 0 Å². The summed E-state index contributed by atoms with van der Waals surface area (Å²) in [7, 11) is 0. The fourth-order valence-corrected chi connectivity index (χ4v) is 4.05. The standard InChI is InChI=1S/C20H30N8O2/c1-2-21-20-24-18(22-8-5-11-26-9-3-6-15(26)29)17-19(25-20)28(14-23-17)13-12-27-10-4-7-16(27)30/h14H,2-13H2,1H3,(H2,21,22,24,25). The molecule has 2 aromatic heterocycles. The third kappa shape index (κ3) is 4.47. The van der Waals surface area contributed by atoms with E-state index in [1.54, 1.807) is 6.33 Å². The van der Waals surface area contributed by atoms with Gasteiger partial charge in [-0.05, 0) is 26.2 Å². The molecule has 2 N–H and O–H groups in total. The third-order valence-corrected chi connectivity index (χ3v) is 5.65. The van der Waals surface area contributed by atoms with Crippen molar-refractivity contribution in [1.82, 2.24) is 29.3 Å². The number of likely N-dealkylation sites (tertiary alicyclic amines) is 2. The predicted molar refractivity (Wildman–Crippen MR) is 114 cm³/mol. The Balaban J connectivity index is 1.44. The van der Waals surface area contributed by atoms with Crippen molar-refractivity contribution in [2.45, 2.75) is 45.6 Å². The van der Waals surface area contributed by atoms with Gasteiger partial charge in [0.25, 0.3) is 0 Å². The number of anilines is 2. The lowest BCUT2D eigenvalue weighted by Gasteiger charge is -2.16. The fraction of sp³-hybridized carbons (Fsp3) is 0.650. The number of carbonyl (C=O) groups is 2. The highest BCUT2D eigenvalue weighted by atomic mass is 16.2. The van der Waals surface area contributed by atoms with E-state index >= 15 is 0 Å². The molecule has 0 saturated carbocycles. The second-order valence-electron chi connectivity index (χ2n) is 7.79. The lowest BCUT2D eigenvalue weighted by molar-refractivity contribution is -0.128. The number of hydrogen-bond donors (Lipinski definition) is 2. The van der Waals surface area contributed by atoms with Crippen LogP contribution in [0.1, 0.15) is 39.0 Å². The third-order valence-electron chi connectivity index (χ3n) is 5.65. The number of hydrogen-bond acceptors (Lipinski definition) is 7. The van der Waals surface area contributed by atoms with Crippen molar-refractivity contribution in [3.05, 3.63) is 6.33 Å². The van der Waals surface area contributed by atoms with Crippen LogP contribution in [0.15, 0.2) is 6.33 Å². The van der Waals surface area contributed by atoms with E-state index < -0.39 is 0 Å². The van der Waals surface area contributed by atoms with Gasteiger partial charge >= 0.3 is 0 Å². The van der Waals surface area contributed by atoms with E-state index in [-0.39, 0.29) is 11.8 Å². The second kappa shape index (κ2) is 9.27. The molecular formula is C20H30N8O2. The van der Waals surface area contributed by atoms with Crippen molar-refractivity contribution in [3.8, 4) is 0 Å². The Morgan fingerprint density at radius 3 is 2.37 bits per heavy atom. The van der Waals surface area contributed by atoms with Gasteiger partial charge in [0.1, 0.15) is 0 Å². The zero-order valence-electron chi connectivity index (χ0n) is 17.6. The molecule has 2 saturated heterocycles. The summed E-state index contributed by atoms with van der Waals surface area (Å²) in [4.78, 5) is 41.2. The molecule has 30 heavy (non-hydrogen) atoms. The number of aromatic nitrogens is 4. The zero-order chi connectivity index (χ0) is 20.9. The summed E-state index contributed by atoms with van der Waals surface area (Å²) in [5, 5.41) is 6.55. The highest BCUT2D eigenvalue weighted by Gasteiger charge is 2.21. The first-order chi connectivity index (χ1) is 14.7. The minimum atomic E-state index is 0.223. The number of fused-ring (bicyclic) bond motifs is 1. The van der Waals surface area contributed by atoms with Crippen LogP contribution in [0.25, 0.3) is 11.2 Å². The number of imidazole rings is 1. The first-order valence-corrected chi connectivity index (χ1v) is 10.9. The molecule has 4 heterocycles. The van der Waals surface area contributed by atoms with Crippen molar-refractivity contribution < 1.29 is 9.59 Å². The zero-order valence-corrected chi connectivity index (χ0v) is 17.6. The highest BCUT2D eigenvalue weighted by molar-refractivity contribution is 5.84. The van der Waals surface area contributed by atoms with Crippen LogP contribution in [0.4, 0.5) is 11.8 Å². The van der Waals surface area contributed by atoms with Gasteiger partial charge in [-0.15, -0.1) is 0 Å². The predicted octanol–water partition coefficient (Wildman–Crippen LogP) is 1.30. The Morgan fingerprint density at radius 2 is 1.70 bits per heavy atom. The SMILES string of the molecule is CCNc1nc(NCCCN2CCCC2=O)c2ncn(CCN3CCCC3=O)c2n1. The van der Waals surface area contributed by atoms with Crippen LogP contribution in [0.3, 0.4) is 0 Å². The van der Waals surface area contributed by atoms with Gasteiger partial charge in [0.05, 0.1) is 6.33 Å². The first kappa shape index (κ1) is 20.4. The normalized spacial score (nSPS) is 16.8. The molecule has 10 nitrogen and oxygen atoms in total. The summed E-state index contributed by atoms with van der Waals surface area (Å²) in [5.74, 6) is 1.73. The molecule has 0 bridgehead atoms. The molecule has 0 aliphatic carbocycles. The van der Waals surface area contributed by atoms with Gasteiger partial charge in [-0.2, -0.15) is 9.97 Å². The molecule has 0 spiro atoms. The summed E-state index contributed by atoms with van der Waals surface area (Å²) in [6.45, 7) is 7.21. The molecule has 162 valence electrons. The van der Waals surface area contributed by atoms with Crippen molar-refractivity contribution in [2.75, 3.05) is 49.9 Å². The second-order valence-corrected chi connectivity index (χ2v) is 7.79. The Bertz CT molecular complexity index is 912. The average Bonchev–Trinajstić information content (AvgIpc) is 3.44. The molecule has 2 fully saturated rings. The minimum Gasteiger partial charge on any atom is -0.368 e. The van der Waals surface area contributed by atoms with Gasteiger partial charge in [0.15, 0.2) is 17.0 Å². The topological polar surface area (TPSA) is 108 Å². The molecule has 0 unspecified atom stereocenters. The Morgan fingerprint density at radius 1 is 0.967 bits per heavy atom. The molecule has 10 heteroatoms. The van der Waals surface area contributed by atoms with Crippen LogP contribution in [0, 0.1) is 0 Å². The lowest BCUT2D eigenvalue weighted by Crippen LogP contribution is -2.28. The van der Waals surface area contributed by atoms with Gasteiger partial charge < -0.3 is 25.0 Å².